The average molecular weight is 270 g/mol. The van der Waals surface area contributed by atoms with Crippen molar-refractivity contribution in [1.29, 1.82) is 0 Å². The van der Waals surface area contributed by atoms with E-state index in [1.54, 1.807) is 6.07 Å². The van der Waals surface area contributed by atoms with Gasteiger partial charge in [-0.15, -0.1) is 0 Å². The number of rotatable bonds is 0. The molecule has 0 atom stereocenters. The summed E-state index contributed by atoms with van der Waals surface area (Å²) in [6, 6.07) is 22.1. The lowest BCUT2D eigenvalue weighted by Gasteiger charge is -2.13. The van der Waals surface area contributed by atoms with E-state index in [1.165, 1.54) is 33.0 Å². The Labute approximate surface area is 120 Å². The Hall–Kier alpha value is -2.67. The molecule has 0 aliphatic rings. The zero-order valence-electron chi connectivity index (χ0n) is 11.2. The highest BCUT2D eigenvalue weighted by atomic mass is 19.1. The Kier molecular flexibility index (Phi) is 1.95. The summed E-state index contributed by atoms with van der Waals surface area (Å²) in [5.41, 5.74) is 0. The zero-order chi connectivity index (χ0) is 14.0. The van der Waals surface area contributed by atoms with E-state index >= 15 is 0 Å². The molecular weight excluding hydrogens is 259 g/mol. The fourth-order valence-electron chi connectivity index (χ4n) is 3.51. The van der Waals surface area contributed by atoms with Gasteiger partial charge >= 0.3 is 0 Å². The number of halogens is 1. The summed E-state index contributed by atoms with van der Waals surface area (Å²) in [5.74, 6) is -0.183. The molecule has 0 bridgehead atoms. The average Bonchev–Trinajstić information content (AvgIpc) is 2.52. The molecule has 0 aromatic heterocycles. The van der Waals surface area contributed by atoms with Gasteiger partial charge in [-0.25, -0.2) is 4.39 Å². The molecular formula is C20H11F. The third-order valence-electron chi connectivity index (χ3n) is 4.43. The summed E-state index contributed by atoms with van der Waals surface area (Å²) < 4.78 is 13.7. The molecule has 0 nitrogen and oxygen atoms in total. The van der Waals surface area contributed by atoms with Crippen molar-refractivity contribution in [3.05, 3.63) is 72.5 Å². The minimum absolute atomic E-state index is 0.183. The molecule has 5 aromatic carbocycles. The Morgan fingerprint density at radius 3 is 2.10 bits per heavy atom. The highest BCUT2D eigenvalue weighted by Crippen LogP contribution is 2.38. The van der Waals surface area contributed by atoms with Crippen molar-refractivity contribution in [3.63, 3.8) is 0 Å². The first-order valence-corrected chi connectivity index (χ1v) is 7.07. The molecule has 0 saturated carbocycles. The van der Waals surface area contributed by atoms with E-state index in [2.05, 4.69) is 48.5 Å². The van der Waals surface area contributed by atoms with Gasteiger partial charge in [0.15, 0.2) is 0 Å². The van der Waals surface area contributed by atoms with Crippen LogP contribution in [0.15, 0.2) is 66.7 Å². The van der Waals surface area contributed by atoms with Gasteiger partial charge in [0, 0.05) is 0 Å². The monoisotopic (exact) mass is 270 g/mol. The van der Waals surface area contributed by atoms with Crippen molar-refractivity contribution in [2.75, 3.05) is 0 Å². The van der Waals surface area contributed by atoms with Crippen molar-refractivity contribution in [3.8, 4) is 0 Å². The van der Waals surface area contributed by atoms with Crippen LogP contribution in [0.3, 0.4) is 0 Å². The van der Waals surface area contributed by atoms with E-state index in [1.807, 2.05) is 6.07 Å². The van der Waals surface area contributed by atoms with E-state index in [9.17, 15) is 4.39 Å². The molecule has 0 N–H and O–H groups in total. The number of hydrogen-bond acceptors (Lipinski definition) is 0. The summed E-state index contributed by atoms with van der Waals surface area (Å²) in [5, 5.41) is 9.41. The van der Waals surface area contributed by atoms with Crippen LogP contribution in [0.2, 0.25) is 0 Å². The van der Waals surface area contributed by atoms with Crippen LogP contribution in [0.25, 0.3) is 43.1 Å². The fraction of sp³-hybridized carbons (Fsp3) is 0. The minimum atomic E-state index is -0.183. The fourth-order valence-corrected chi connectivity index (χ4v) is 3.51. The molecule has 5 aromatic rings. The molecule has 0 saturated heterocycles. The maximum atomic E-state index is 13.7. The largest absolute Gasteiger partial charge is 0.207 e. The Balaban J connectivity index is 2.19. The predicted octanol–water partition coefficient (Wildman–Crippen LogP) is 5.88. The highest BCUT2D eigenvalue weighted by Gasteiger charge is 2.10. The number of hydrogen-bond donors (Lipinski definition) is 0. The van der Waals surface area contributed by atoms with Crippen molar-refractivity contribution in [2.24, 2.45) is 0 Å². The molecule has 0 radical (unpaired) electrons. The molecule has 0 fully saturated rings. The second-order valence-corrected chi connectivity index (χ2v) is 5.60. The minimum Gasteiger partial charge on any atom is -0.207 e. The molecule has 21 heavy (non-hydrogen) atoms. The molecule has 0 amide bonds. The summed E-state index contributed by atoms with van der Waals surface area (Å²) in [7, 11) is 0. The van der Waals surface area contributed by atoms with Crippen LogP contribution in [0.5, 0.6) is 0 Å². The van der Waals surface area contributed by atoms with Gasteiger partial charge in [-0.1, -0.05) is 48.5 Å². The second kappa shape index (κ2) is 3.70. The number of fused-ring (bicyclic) bond motifs is 2. The molecule has 1 heteroatoms. The normalized spacial score (nSPS) is 12.0. The summed E-state index contributed by atoms with van der Waals surface area (Å²) in [4.78, 5) is 0. The van der Waals surface area contributed by atoms with E-state index in [0.717, 1.165) is 16.2 Å². The van der Waals surface area contributed by atoms with Crippen LogP contribution < -0.4 is 0 Å². The lowest BCUT2D eigenvalue weighted by molar-refractivity contribution is 0.630. The first kappa shape index (κ1) is 11.0. The standard InChI is InChI=1S/C20H11F/c21-16-8-6-14-10-15-5-4-12-2-1-3-13-7-9-17(18(14)11-16)20(15)19(12)13/h1-11H. The van der Waals surface area contributed by atoms with Crippen LogP contribution in [0.4, 0.5) is 4.39 Å². The molecule has 0 spiro atoms. The predicted molar refractivity (Wildman–Crippen MR) is 87.6 cm³/mol. The van der Waals surface area contributed by atoms with Crippen LogP contribution in [0.1, 0.15) is 0 Å². The van der Waals surface area contributed by atoms with Gasteiger partial charge in [-0.2, -0.15) is 0 Å². The van der Waals surface area contributed by atoms with E-state index in [-0.39, 0.29) is 5.82 Å². The molecule has 98 valence electrons. The summed E-state index contributed by atoms with van der Waals surface area (Å²) >= 11 is 0. The quantitative estimate of drug-likeness (QED) is 0.243. The third kappa shape index (κ3) is 1.38. The Morgan fingerprint density at radius 2 is 1.24 bits per heavy atom. The van der Waals surface area contributed by atoms with Gasteiger partial charge in [0.1, 0.15) is 5.82 Å². The molecule has 0 heterocycles. The third-order valence-corrected chi connectivity index (χ3v) is 4.43. The van der Waals surface area contributed by atoms with Crippen LogP contribution >= 0.6 is 0 Å². The van der Waals surface area contributed by atoms with E-state index < -0.39 is 0 Å². The van der Waals surface area contributed by atoms with E-state index in [4.69, 9.17) is 0 Å². The molecule has 5 rings (SSSR count). The smallest absolute Gasteiger partial charge is 0.123 e. The van der Waals surface area contributed by atoms with Gasteiger partial charge in [0.25, 0.3) is 0 Å². The van der Waals surface area contributed by atoms with Gasteiger partial charge in [-0.3, -0.25) is 0 Å². The summed E-state index contributed by atoms with van der Waals surface area (Å²) in [6.07, 6.45) is 0. The lowest BCUT2D eigenvalue weighted by Crippen LogP contribution is -1.86. The zero-order valence-corrected chi connectivity index (χ0v) is 11.2. The number of benzene rings is 5. The molecule has 0 aliphatic heterocycles. The second-order valence-electron chi connectivity index (χ2n) is 5.60. The first-order valence-electron chi connectivity index (χ1n) is 7.07. The van der Waals surface area contributed by atoms with Crippen molar-refractivity contribution in [1.82, 2.24) is 0 Å². The van der Waals surface area contributed by atoms with Gasteiger partial charge < -0.3 is 0 Å². The lowest BCUT2D eigenvalue weighted by atomic mass is 9.91. The van der Waals surface area contributed by atoms with Crippen molar-refractivity contribution in [2.45, 2.75) is 0 Å². The molecule has 0 aliphatic carbocycles. The Bertz CT molecular complexity index is 1120. The van der Waals surface area contributed by atoms with E-state index in [0.29, 0.717) is 0 Å². The van der Waals surface area contributed by atoms with Crippen LogP contribution in [-0.4, -0.2) is 0 Å². The van der Waals surface area contributed by atoms with Gasteiger partial charge in [-0.05, 0) is 61.3 Å². The molecule has 0 unspecified atom stereocenters. The maximum Gasteiger partial charge on any atom is 0.123 e. The van der Waals surface area contributed by atoms with Crippen LogP contribution in [-0.2, 0) is 0 Å². The highest BCUT2D eigenvalue weighted by molar-refractivity contribution is 6.28. The topological polar surface area (TPSA) is 0 Å². The SMILES string of the molecule is Fc1ccc2cc3ccc4cccc5ccc(c2c1)c3c45. The van der Waals surface area contributed by atoms with Gasteiger partial charge in [0.05, 0.1) is 0 Å². The van der Waals surface area contributed by atoms with Crippen molar-refractivity contribution < 1.29 is 4.39 Å². The first-order chi connectivity index (χ1) is 10.3. The van der Waals surface area contributed by atoms with Gasteiger partial charge in [0.2, 0.25) is 0 Å². The van der Waals surface area contributed by atoms with Crippen molar-refractivity contribution >= 4 is 43.1 Å². The Morgan fingerprint density at radius 1 is 0.524 bits per heavy atom. The summed E-state index contributed by atoms with van der Waals surface area (Å²) in [6.45, 7) is 0. The van der Waals surface area contributed by atoms with Crippen LogP contribution in [0, 0.1) is 5.82 Å². The maximum absolute atomic E-state index is 13.7.